The molecule has 4 aromatic rings. The summed E-state index contributed by atoms with van der Waals surface area (Å²) in [6.07, 6.45) is 12.6. The predicted octanol–water partition coefficient (Wildman–Crippen LogP) is 6.26. The second-order valence-corrected chi connectivity index (χ2v) is 8.83. The van der Waals surface area contributed by atoms with Crippen molar-refractivity contribution in [1.82, 2.24) is 19.3 Å². The molecule has 32 heavy (non-hydrogen) atoms. The van der Waals surface area contributed by atoms with Gasteiger partial charge in [0, 0.05) is 40.8 Å². The van der Waals surface area contributed by atoms with Crippen LogP contribution in [0.5, 0.6) is 11.8 Å². The zero-order valence-electron chi connectivity index (χ0n) is 18.5. The molecule has 162 valence electrons. The summed E-state index contributed by atoms with van der Waals surface area (Å²) in [5.74, 6) is 0.873. The Hall–Kier alpha value is -3.54. The standard InChI is InChI=1S/C26H27N5O/c1-3-14-30-24-7-5-4-6-23(24)29-26(30)32-25-20(18-15-27-31(16-18)19-9-10-19)12-13-22-21(25)11-8-17(2)28-22/h3-7,12-17,19,28H,8-11H2,1-2H3/t17-/m0/s1. The highest BCUT2D eigenvalue weighted by Crippen LogP contribution is 2.44. The Kier molecular flexibility index (Phi) is 4.52. The molecule has 2 aromatic carbocycles. The van der Waals surface area contributed by atoms with Crippen molar-refractivity contribution in [3.8, 4) is 22.9 Å². The molecule has 1 saturated carbocycles. The number of hydrogen-bond acceptors (Lipinski definition) is 4. The molecule has 1 aliphatic carbocycles. The first-order valence-corrected chi connectivity index (χ1v) is 11.5. The molecule has 6 heteroatoms. The van der Waals surface area contributed by atoms with Crippen LogP contribution in [-0.4, -0.2) is 25.4 Å². The van der Waals surface area contributed by atoms with Crippen LogP contribution in [0.15, 0.2) is 54.9 Å². The van der Waals surface area contributed by atoms with E-state index in [9.17, 15) is 0 Å². The van der Waals surface area contributed by atoms with Crippen molar-refractivity contribution >= 4 is 22.9 Å². The van der Waals surface area contributed by atoms with Gasteiger partial charge in [0.15, 0.2) is 0 Å². The van der Waals surface area contributed by atoms with Gasteiger partial charge in [-0.25, -0.2) is 0 Å². The number of para-hydroxylation sites is 2. The minimum absolute atomic E-state index is 0.450. The molecule has 0 saturated heterocycles. The fourth-order valence-electron chi connectivity index (χ4n) is 4.55. The quantitative estimate of drug-likeness (QED) is 0.410. The van der Waals surface area contributed by atoms with Crippen molar-refractivity contribution < 1.29 is 4.74 Å². The molecule has 6 nitrogen and oxygen atoms in total. The molecule has 1 aliphatic heterocycles. The molecule has 6 rings (SSSR count). The summed E-state index contributed by atoms with van der Waals surface area (Å²) in [5.41, 5.74) is 6.44. The van der Waals surface area contributed by atoms with E-state index in [1.807, 2.05) is 48.2 Å². The van der Waals surface area contributed by atoms with Gasteiger partial charge in [0.1, 0.15) is 5.75 Å². The SMILES string of the molecule is CC=Cn1c(Oc2c(-c3cnn(C4CC4)c3)ccc3c2CC[C@H](C)N3)nc2ccccc21. The van der Waals surface area contributed by atoms with Crippen molar-refractivity contribution in [2.45, 2.75) is 51.6 Å². The highest BCUT2D eigenvalue weighted by Gasteiger charge is 2.27. The number of fused-ring (bicyclic) bond motifs is 2. The van der Waals surface area contributed by atoms with Gasteiger partial charge in [-0.3, -0.25) is 9.25 Å². The summed E-state index contributed by atoms with van der Waals surface area (Å²) < 4.78 is 10.8. The molecule has 0 radical (unpaired) electrons. The smallest absolute Gasteiger partial charge is 0.307 e. The number of nitrogens with zero attached hydrogens (tertiary/aromatic N) is 4. The van der Waals surface area contributed by atoms with E-state index in [1.54, 1.807) is 0 Å². The minimum Gasteiger partial charge on any atom is -0.424 e. The van der Waals surface area contributed by atoms with Crippen LogP contribution in [-0.2, 0) is 6.42 Å². The third-order valence-corrected chi connectivity index (χ3v) is 6.38. The van der Waals surface area contributed by atoms with Gasteiger partial charge in [0.25, 0.3) is 0 Å². The molecule has 1 N–H and O–H groups in total. The molecule has 1 fully saturated rings. The normalized spacial score (nSPS) is 18.1. The maximum Gasteiger partial charge on any atom is 0.307 e. The summed E-state index contributed by atoms with van der Waals surface area (Å²) in [6, 6.07) is 14.0. The Morgan fingerprint density at radius 2 is 2.00 bits per heavy atom. The molecular formula is C26H27N5O. The number of imidazole rings is 1. The number of rotatable bonds is 5. The highest BCUT2D eigenvalue weighted by molar-refractivity contribution is 5.80. The first-order valence-electron chi connectivity index (χ1n) is 11.5. The van der Waals surface area contributed by atoms with Crippen molar-refractivity contribution in [2.75, 3.05) is 5.32 Å². The van der Waals surface area contributed by atoms with Crippen LogP contribution >= 0.6 is 0 Å². The van der Waals surface area contributed by atoms with Crippen LogP contribution in [0.1, 0.15) is 44.7 Å². The van der Waals surface area contributed by atoms with Crippen LogP contribution in [0.25, 0.3) is 28.4 Å². The molecule has 0 spiro atoms. The largest absolute Gasteiger partial charge is 0.424 e. The Bertz CT molecular complexity index is 1330. The minimum atomic E-state index is 0.450. The summed E-state index contributed by atoms with van der Waals surface area (Å²) in [6.45, 7) is 4.23. The Balaban J connectivity index is 1.50. The number of nitrogens with one attached hydrogen (secondary N) is 1. The van der Waals surface area contributed by atoms with Crippen LogP contribution < -0.4 is 10.1 Å². The van der Waals surface area contributed by atoms with Gasteiger partial charge in [-0.15, -0.1) is 0 Å². The number of allylic oxidation sites excluding steroid dienone is 1. The van der Waals surface area contributed by atoms with Crippen LogP contribution in [0, 0.1) is 0 Å². The van der Waals surface area contributed by atoms with Crippen LogP contribution in [0.4, 0.5) is 5.69 Å². The Labute approximate surface area is 187 Å². The zero-order chi connectivity index (χ0) is 21.7. The molecule has 0 bridgehead atoms. The number of hydrogen-bond donors (Lipinski definition) is 1. The number of benzene rings is 2. The van der Waals surface area contributed by atoms with Crippen molar-refractivity contribution in [3.63, 3.8) is 0 Å². The van der Waals surface area contributed by atoms with Gasteiger partial charge in [-0.1, -0.05) is 18.2 Å². The zero-order valence-corrected chi connectivity index (χ0v) is 18.5. The second-order valence-electron chi connectivity index (χ2n) is 8.83. The Morgan fingerprint density at radius 1 is 1.12 bits per heavy atom. The maximum atomic E-state index is 6.68. The summed E-state index contributed by atoms with van der Waals surface area (Å²) >= 11 is 0. The average molecular weight is 426 g/mol. The van der Waals surface area contributed by atoms with E-state index in [-0.39, 0.29) is 0 Å². The van der Waals surface area contributed by atoms with Crippen molar-refractivity contribution in [2.24, 2.45) is 0 Å². The van der Waals surface area contributed by atoms with E-state index >= 15 is 0 Å². The van der Waals surface area contributed by atoms with E-state index in [0.29, 0.717) is 18.1 Å². The predicted molar refractivity (Wildman–Crippen MR) is 128 cm³/mol. The van der Waals surface area contributed by atoms with Gasteiger partial charge in [-0.2, -0.15) is 10.1 Å². The van der Waals surface area contributed by atoms with Crippen molar-refractivity contribution in [3.05, 3.63) is 60.4 Å². The van der Waals surface area contributed by atoms with Gasteiger partial charge < -0.3 is 10.1 Å². The topological polar surface area (TPSA) is 56.9 Å². The lowest BCUT2D eigenvalue weighted by Crippen LogP contribution is -2.22. The Morgan fingerprint density at radius 3 is 2.84 bits per heavy atom. The third-order valence-electron chi connectivity index (χ3n) is 6.38. The lowest BCUT2D eigenvalue weighted by Gasteiger charge is -2.27. The second kappa shape index (κ2) is 7.55. The molecule has 2 aromatic heterocycles. The van der Waals surface area contributed by atoms with Gasteiger partial charge in [0.2, 0.25) is 0 Å². The number of anilines is 1. The average Bonchev–Trinajstić information content (AvgIpc) is 3.44. The number of aromatic nitrogens is 4. The van der Waals surface area contributed by atoms with Crippen LogP contribution in [0.2, 0.25) is 0 Å². The van der Waals surface area contributed by atoms with E-state index in [0.717, 1.165) is 46.4 Å². The summed E-state index contributed by atoms with van der Waals surface area (Å²) in [7, 11) is 0. The van der Waals surface area contributed by atoms with Crippen molar-refractivity contribution in [1.29, 1.82) is 0 Å². The lowest BCUT2D eigenvalue weighted by atomic mass is 9.94. The molecule has 3 heterocycles. The summed E-state index contributed by atoms with van der Waals surface area (Å²) in [4.78, 5) is 4.82. The molecule has 1 atom stereocenters. The van der Waals surface area contributed by atoms with E-state index in [4.69, 9.17) is 9.72 Å². The van der Waals surface area contributed by atoms with Gasteiger partial charge in [-0.05, 0) is 63.8 Å². The maximum absolute atomic E-state index is 6.68. The fourth-order valence-corrected chi connectivity index (χ4v) is 4.55. The van der Waals surface area contributed by atoms with E-state index in [1.165, 1.54) is 18.4 Å². The molecule has 0 amide bonds. The third kappa shape index (κ3) is 3.27. The highest BCUT2D eigenvalue weighted by atomic mass is 16.5. The van der Waals surface area contributed by atoms with Gasteiger partial charge in [0.05, 0.1) is 23.3 Å². The lowest BCUT2D eigenvalue weighted by molar-refractivity contribution is 0.434. The van der Waals surface area contributed by atoms with Gasteiger partial charge >= 0.3 is 6.01 Å². The summed E-state index contributed by atoms with van der Waals surface area (Å²) in [5, 5.41) is 8.24. The monoisotopic (exact) mass is 425 g/mol. The fraction of sp³-hybridized carbons (Fsp3) is 0.308. The van der Waals surface area contributed by atoms with E-state index < -0.39 is 0 Å². The van der Waals surface area contributed by atoms with E-state index in [2.05, 4.69) is 46.4 Å². The molecule has 2 aliphatic rings. The molecule has 0 unspecified atom stereocenters. The van der Waals surface area contributed by atoms with Crippen LogP contribution in [0.3, 0.4) is 0 Å². The molecular weight excluding hydrogens is 398 g/mol. The number of ether oxygens (including phenoxy) is 1. The first-order chi connectivity index (χ1) is 15.7. The first kappa shape index (κ1) is 19.2.